The molecule has 12 rings (SSSR count). The minimum absolute atomic E-state index is 0.664. The minimum Gasteiger partial charge on any atom is -0.309 e. The molecule has 0 fully saturated rings. The van der Waals surface area contributed by atoms with Crippen LogP contribution in [-0.2, 0) is 0 Å². The van der Waals surface area contributed by atoms with Gasteiger partial charge in [-0.15, -0.1) is 0 Å². The van der Waals surface area contributed by atoms with Gasteiger partial charge in [-0.05, 0) is 54.6 Å². The Hall–Kier alpha value is -8.15. The number of para-hydroxylation sites is 5. The van der Waals surface area contributed by atoms with Crippen molar-refractivity contribution in [3.05, 3.63) is 212 Å². The molecule has 0 saturated carbocycles. The summed E-state index contributed by atoms with van der Waals surface area (Å²) in [6.07, 6.45) is 0. The lowest BCUT2D eigenvalue weighted by molar-refractivity contribution is 1.16. The van der Waals surface area contributed by atoms with Crippen LogP contribution in [0.4, 0.5) is 0 Å². The summed E-state index contributed by atoms with van der Waals surface area (Å²) in [7, 11) is 0. The van der Waals surface area contributed by atoms with Crippen LogP contribution >= 0.6 is 0 Å². The van der Waals surface area contributed by atoms with E-state index in [2.05, 4.69) is 215 Å². The molecule has 5 heteroatoms. The smallest absolute Gasteiger partial charge is 0.160 e. The highest BCUT2D eigenvalue weighted by Gasteiger charge is 2.21. The van der Waals surface area contributed by atoms with E-state index in [9.17, 15) is 0 Å². The molecule has 0 saturated heterocycles. The molecule has 0 aliphatic rings. The number of hydrogen-bond acceptors (Lipinski definition) is 3. The topological polar surface area (TPSA) is 48.5 Å². The zero-order chi connectivity index (χ0) is 39.6. The van der Waals surface area contributed by atoms with Crippen LogP contribution < -0.4 is 0 Å². The quantitative estimate of drug-likeness (QED) is 0.169. The first-order valence-corrected chi connectivity index (χ1v) is 20.3. The fraction of sp³-hybridized carbons (Fsp3) is 0. The van der Waals surface area contributed by atoms with Crippen molar-refractivity contribution in [3.63, 3.8) is 0 Å². The van der Waals surface area contributed by atoms with Gasteiger partial charge in [0.2, 0.25) is 0 Å². The first-order chi connectivity index (χ1) is 29.8. The molecule has 0 amide bonds. The van der Waals surface area contributed by atoms with Crippen molar-refractivity contribution in [2.24, 2.45) is 0 Å². The predicted molar refractivity (Wildman–Crippen MR) is 248 cm³/mol. The summed E-state index contributed by atoms with van der Waals surface area (Å²) >= 11 is 0. The lowest BCUT2D eigenvalue weighted by Crippen LogP contribution is -1.98. The van der Waals surface area contributed by atoms with Crippen LogP contribution in [0.2, 0.25) is 0 Å². The van der Waals surface area contributed by atoms with Crippen LogP contribution in [0.1, 0.15) is 0 Å². The SMILES string of the molecule is c1ccc(-c2cc(-c3cccc(-n4c5ccccc5c5ccccc54)c3)nc(-c3ccc(-c4nc5ccccc5c5c4c4ccccc4n5-c4ccccc4)cc3)n2)cc1. The highest BCUT2D eigenvalue weighted by molar-refractivity contribution is 6.22. The predicted octanol–water partition coefficient (Wildman–Crippen LogP) is 13.9. The molecule has 8 aromatic carbocycles. The first kappa shape index (κ1) is 33.9. The van der Waals surface area contributed by atoms with Crippen molar-refractivity contribution >= 4 is 54.5 Å². The Labute approximate surface area is 346 Å². The number of fused-ring (bicyclic) bond motifs is 8. The Morgan fingerprint density at radius 2 is 0.833 bits per heavy atom. The van der Waals surface area contributed by atoms with E-state index in [0.717, 1.165) is 78.0 Å². The summed E-state index contributed by atoms with van der Waals surface area (Å²) in [5.74, 6) is 0.664. The van der Waals surface area contributed by atoms with Crippen LogP contribution in [0, 0.1) is 0 Å². The number of rotatable bonds is 6. The molecule has 0 bridgehead atoms. The van der Waals surface area contributed by atoms with Crippen LogP contribution in [0.25, 0.3) is 111 Å². The van der Waals surface area contributed by atoms with Gasteiger partial charge in [0, 0.05) is 60.6 Å². The van der Waals surface area contributed by atoms with E-state index in [-0.39, 0.29) is 0 Å². The molecule has 0 aliphatic carbocycles. The molecule has 0 spiro atoms. The number of hydrogen-bond donors (Lipinski definition) is 0. The molecule has 0 aliphatic heterocycles. The Bertz CT molecular complexity index is 3530. The lowest BCUT2D eigenvalue weighted by atomic mass is 10.0. The third-order valence-corrected chi connectivity index (χ3v) is 11.7. The summed E-state index contributed by atoms with van der Waals surface area (Å²) < 4.78 is 4.73. The number of aromatic nitrogens is 5. The maximum atomic E-state index is 5.36. The van der Waals surface area contributed by atoms with Crippen LogP contribution in [0.5, 0.6) is 0 Å². The Morgan fingerprint density at radius 1 is 0.317 bits per heavy atom. The second-order valence-corrected chi connectivity index (χ2v) is 15.2. The van der Waals surface area contributed by atoms with E-state index in [0.29, 0.717) is 5.82 Å². The maximum absolute atomic E-state index is 5.36. The largest absolute Gasteiger partial charge is 0.309 e. The van der Waals surface area contributed by atoms with Gasteiger partial charge in [-0.3, -0.25) is 0 Å². The molecule has 4 aromatic heterocycles. The van der Waals surface area contributed by atoms with E-state index in [1.54, 1.807) is 0 Å². The standard InChI is InChI=1S/C55H35N5/c1-3-16-36(17-4-1)47-35-48(39-18-15-21-41(34-39)59-49-27-12-8-22-42(49)43-23-9-13-28-50(43)59)58-55(57-47)38-32-30-37(31-33-38)53-52-45-25-10-14-29-51(45)60(40-19-5-2-6-20-40)54(52)44-24-7-11-26-46(44)56-53/h1-35H. The molecule has 0 N–H and O–H groups in total. The molecule has 5 nitrogen and oxygen atoms in total. The van der Waals surface area contributed by atoms with Crippen LogP contribution in [0.3, 0.4) is 0 Å². The normalized spacial score (nSPS) is 11.7. The van der Waals surface area contributed by atoms with Gasteiger partial charge in [0.15, 0.2) is 5.82 Å². The Morgan fingerprint density at radius 3 is 1.53 bits per heavy atom. The van der Waals surface area contributed by atoms with Crippen molar-refractivity contribution < 1.29 is 0 Å². The number of nitrogens with zero attached hydrogens (tertiary/aromatic N) is 5. The molecule has 0 atom stereocenters. The van der Waals surface area contributed by atoms with Crippen LogP contribution in [-0.4, -0.2) is 24.1 Å². The third kappa shape index (κ3) is 5.44. The summed E-state index contributed by atoms with van der Waals surface area (Å²) in [5.41, 5.74) is 14.5. The van der Waals surface area contributed by atoms with Crippen molar-refractivity contribution in [3.8, 4) is 56.5 Å². The molecule has 60 heavy (non-hydrogen) atoms. The average Bonchev–Trinajstić information content (AvgIpc) is 3.86. The monoisotopic (exact) mass is 765 g/mol. The second-order valence-electron chi connectivity index (χ2n) is 15.2. The molecule has 0 unspecified atom stereocenters. The zero-order valence-electron chi connectivity index (χ0n) is 32.4. The lowest BCUT2D eigenvalue weighted by Gasteiger charge is -2.13. The minimum atomic E-state index is 0.664. The van der Waals surface area contributed by atoms with E-state index in [4.69, 9.17) is 15.0 Å². The fourth-order valence-electron chi connectivity index (χ4n) is 9.00. The van der Waals surface area contributed by atoms with Gasteiger partial charge in [0.05, 0.1) is 44.7 Å². The van der Waals surface area contributed by atoms with E-state index >= 15 is 0 Å². The van der Waals surface area contributed by atoms with Gasteiger partial charge >= 0.3 is 0 Å². The van der Waals surface area contributed by atoms with Crippen molar-refractivity contribution in [1.82, 2.24) is 24.1 Å². The van der Waals surface area contributed by atoms with Gasteiger partial charge in [-0.25, -0.2) is 15.0 Å². The van der Waals surface area contributed by atoms with Gasteiger partial charge < -0.3 is 9.13 Å². The summed E-state index contributed by atoms with van der Waals surface area (Å²) in [4.78, 5) is 15.8. The van der Waals surface area contributed by atoms with Gasteiger partial charge in [-0.1, -0.05) is 158 Å². The summed E-state index contributed by atoms with van der Waals surface area (Å²) in [6, 6.07) is 74.7. The molecule has 4 heterocycles. The maximum Gasteiger partial charge on any atom is 0.160 e. The summed E-state index contributed by atoms with van der Waals surface area (Å²) in [6.45, 7) is 0. The Kier molecular flexibility index (Phi) is 7.78. The van der Waals surface area contributed by atoms with E-state index in [1.807, 2.05) is 6.07 Å². The molecular weight excluding hydrogens is 731 g/mol. The third-order valence-electron chi connectivity index (χ3n) is 11.7. The fourth-order valence-corrected chi connectivity index (χ4v) is 9.00. The van der Waals surface area contributed by atoms with E-state index in [1.165, 1.54) is 27.2 Å². The molecular formula is C55H35N5. The Balaban J connectivity index is 1.01. The molecule has 0 radical (unpaired) electrons. The zero-order valence-corrected chi connectivity index (χ0v) is 32.4. The van der Waals surface area contributed by atoms with Crippen molar-refractivity contribution in [2.75, 3.05) is 0 Å². The first-order valence-electron chi connectivity index (χ1n) is 20.3. The van der Waals surface area contributed by atoms with Gasteiger partial charge in [-0.2, -0.15) is 0 Å². The van der Waals surface area contributed by atoms with Gasteiger partial charge in [0.25, 0.3) is 0 Å². The molecule has 280 valence electrons. The number of benzene rings is 8. The van der Waals surface area contributed by atoms with Crippen molar-refractivity contribution in [1.29, 1.82) is 0 Å². The van der Waals surface area contributed by atoms with Crippen LogP contribution in [0.15, 0.2) is 212 Å². The van der Waals surface area contributed by atoms with E-state index < -0.39 is 0 Å². The average molecular weight is 766 g/mol. The molecule has 12 aromatic rings. The highest BCUT2D eigenvalue weighted by Crippen LogP contribution is 2.42. The summed E-state index contributed by atoms with van der Waals surface area (Å²) in [5, 5.41) is 5.89. The van der Waals surface area contributed by atoms with Gasteiger partial charge in [0.1, 0.15) is 0 Å². The second kappa shape index (κ2) is 13.8. The number of pyridine rings is 1. The highest BCUT2D eigenvalue weighted by atomic mass is 15.0. The van der Waals surface area contributed by atoms with Crippen molar-refractivity contribution in [2.45, 2.75) is 0 Å².